The van der Waals surface area contributed by atoms with Crippen LogP contribution in [0.3, 0.4) is 0 Å². The summed E-state index contributed by atoms with van der Waals surface area (Å²) in [5.74, 6) is -0.0680. The first kappa shape index (κ1) is 13.8. The molecule has 1 saturated heterocycles. The van der Waals surface area contributed by atoms with Gasteiger partial charge < -0.3 is 10.1 Å². The van der Waals surface area contributed by atoms with Crippen LogP contribution in [-0.4, -0.2) is 35.9 Å². The van der Waals surface area contributed by atoms with Crippen LogP contribution in [0.2, 0.25) is 0 Å². The van der Waals surface area contributed by atoms with Gasteiger partial charge in [0.1, 0.15) is 3.70 Å². The lowest BCUT2D eigenvalue weighted by atomic mass is 10.1. The van der Waals surface area contributed by atoms with Crippen LogP contribution in [0.4, 0.5) is 0 Å². The van der Waals surface area contributed by atoms with E-state index in [4.69, 9.17) is 4.74 Å². The number of halogens is 1. The van der Waals surface area contributed by atoms with Gasteiger partial charge >= 0.3 is 0 Å². The molecule has 0 aliphatic carbocycles. The molecule has 2 aromatic rings. The molecular formula is C14H16IN3O2. The fourth-order valence-corrected chi connectivity index (χ4v) is 3.26. The first-order chi connectivity index (χ1) is 9.70. The molecule has 20 heavy (non-hydrogen) atoms. The van der Waals surface area contributed by atoms with Gasteiger partial charge in [-0.25, -0.2) is 0 Å². The number of amides is 1. The molecule has 0 bridgehead atoms. The van der Waals surface area contributed by atoms with Crippen molar-refractivity contribution >= 4 is 39.4 Å². The van der Waals surface area contributed by atoms with E-state index < -0.39 is 0 Å². The highest BCUT2D eigenvalue weighted by Crippen LogP contribution is 2.28. The molecule has 1 fully saturated rings. The Hall–Kier alpha value is -1.15. The van der Waals surface area contributed by atoms with Gasteiger partial charge in [0, 0.05) is 31.2 Å². The van der Waals surface area contributed by atoms with Crippen molar-refractivity contribution in [3.63, 3.8) is 0 Å². The predicted octanol–water partition coefficient (Wildman–Crippen LogP) is 2.35. The van der Waals surface area contributed by atoms with Gasteiger partial charge in [0.25, 0.3) is 5.91 Å². The van der Waals surface area contributed by atoms with E-state index in [0.717, 1.165) is 40.7 Å². The van der Waals surface area contributed by atoms with Crippen molar-refractivity contribution < 1.29 is 9.53 Å². The molecule has 0 saturated carbocycles. The molecule has 2 heterocycles. The van der Waals surface area contributed by atoms with Crippen molar-refractivity contribution in [2.45, 2.75) is 18.9 Å². The van der Waals surface area contributed by atoms with Gasteiger partial charge in [0.15, 0.2) is 0 Å². The molecule has 5 nitrogen and oxygen atoms in total. The highest BCUT2D eigenvalue weighted by molar-refractivity contribution is 14.1. The minimum absolute atomic E-state index is 0.0680. The third-order valence-electron chi connectivity index (χ3n) is 3.69. The van der Waals surface area contributed by atoms with Crippen LogP contribution in [0.1, 0.15) is 29.2 Å². The quantitative estimate of drug-likeness (QED) is 0.808. The molecule has 3 rings (SSSR count). The number of hydrogen-bond donors (Lipinski definition) is 1. The largest absolute Gasteiger partial charge is 0.381 e. The lowest BCUT2D eigenvalue weighted by Gasteiger charge is -2.23. The molecule has 1 aromatic carbocycles. The van der Waals surface area contributed by atoms with Crippen molar-refractivity contribution in [1.82, 2.24) is 15.1 Å². The first-order valence-electron chi connectivity index (χ1n) is 6.68. The van der Waals surface area contributed by atoms with Crippen LogP contribution in [0, 0.1) is 3.70 Å². The second-order valence-electron chi connectivity index (χ2n) is 4.89. The van der Waals surface area contributed by atoms with Crippen LogP contribution in [0.5, 0.6) is 0 Å². The Labute approximate surface area is 130 Å². The van der Waals surface area contributed by atoms with Crippen LogP contribution < -0.4 is 5.32 Å². The zero-order chi connectivity index (χ0) is 14.1. The fourth-order valence-electron chi connectivity index (χ4n) is 2.60. The summed E-state index contributed by atoms with van der Waals surface area (Å²) in [6.07, 6.45) is 1.98. The summed E-state index contributed by atoms with van der Waals surface area (Å²) < 4.78 is 8.44. The molecule has 0 unspecified atom stereocenters. The van der Waals surface area contributed by atoms with Gasteiger partial charge in [0.05, 0.1) is 11.6 Å². The van der Waals surface area contributed by atoms with Crippen LogP contribution in [-0.2, 0) is 4.74 Å². The fraction of sp³-hybridized carbons (Fsp3) is 0.429. The van der Waals surface area contributed by atoms with Crippen molar-refractivity contribution in [3.8, 4) is 0 Å². The maximum atomic E-state index is 11.7. The molecule has 0 spiro atoms. The van der Waals surface area contributed by atoms with E-state index in [0.29, 0.717) is 11.6 Å². The predicted molar refractivity (Wildman–Crippen MR) is 84.9 cm³/mol. The van der Waals surface area contributed by atoms with Crippen molar-refractivity contribution in [1.29, 1.82) is 0 Å². The van der Waals surface area contributed by atoms with Gasteiger partial charge in [-0.1, -0.05) is 0 Å². The summed E-state index contributed by atoms with van der Waals surface area (Å²) >= 11 is 2.23. The second-order valence-corrected chi connectivity index (χ2v) is 5.91. The summed E-state index contributed by atoms with van der Waals surface area (Å²) in [6.45, 7) is 1.58. The van der Waals surface area contributed by atoms with E-state index in [1.807, 2.05) is 18.2 Å². The Bertz CT molecular complexity index is 647. The number of fused-ring (bicyclic) bond motifs is 1. The summed E-state index contributed by atoms with van der Waals surface area (Å²) in [5.41, 5.74) is 1.76. The van der Waals surface area contributed by atoms with E-state index in [1.165, 1.54) is 0 Å². The van der Waals surface area contributed by atoms with Crippen molar-refractivity contribution in [2.75, 3.05) is 20.3 Å². The van der Waals surface area contributed by atoms with Crippen molar-refractivity contribution in [2.24, 2.45) is 0 Å². The lowest BCUT2D eigenvalue weighted by molar-refractivity contribution is 0.0674. The maximum absolute atomic E-state index is 11.7. The maximum Gasteiger partial charge on any atom is 0.251 e. The Morgan fingerprint density at radius 3 is 2.90 bits per heavy atom. The third-order valence-corrected chi connectivity index (χ3v) is 4.48. The van der Waals surface area contributed by atoms with E-state index in [2.05, 4.69) is 37.7 Å². The number of nitrogens with one attached hydrogen (secondary N) is 1. The number of nitrogens with zero attached hydrogens (tertiary/aromatic N) is 2. The van der Waals surface area contributed by atoms with Gasteiger partial charge in [-0.2, -0.15) is 5.10 Å². The van der Waals surface area contributed by atoms with E-state index in [1.54, 1.807) is 7.05 Å². The minimum atomic E-state index is -0.0680. The second kappa shape index (κ2) is 5.69. The number of carbonyl (C=O) groups is 1. The van der Waals surface area contributed by atoms with E-state index in [9.17, 15) is 4.79 Å². The normalized spacial score (nSPS) is 16.5. The number of ether oxygens (including phenoxy) is 1. The number of aromatic nitrogens is 2. The zero-order valence-electron chi connectivity index (χ0n) is 11.2. The van der Waals surface area contributed by atoms with Crippen LogP contribution >= 0.6 is 22.6 Å². The van der Waals surface area contributed by atoms with Gasteiger partial charge in [-0.05, 0) is 53.6 Å². The molecule has 0 atom stereocenters. The van der Waals surface area contributed by atoms with E-state index in [-0.39, 0.29) is 5.91 Å². The number of benzene rings is 1. The summed E-state index contributed by atoms with van der Waals surface area (Å²) in [4.78, 5) is 11.7. The zero-order valence-corrected chi connectivity index (χ0v) is 13.4. The minimum Gasteiger partial charge on any atom is -0.381 e. The molecule has 1 aromatic heterocycles. The van der Waals surface area contributed by atoms with Gasteiger partial charge in [-0.3, -0.25) is 9.48 Å². The summed E-state index contributed by atoms with van der Waals surface area (Å²) in [5, 5.41) is 8.35. The third kappa shape index (κ3) is 2.42. The van der Waals surface area contributed by atoms with Crippen molar-refractivity contribution in [3.05, 3.63) is 27.5 Å². The molecule has 106 valence electrons. The number of rotatable bonds is 2. The van der Waals surface area contributed by atoms with Crippen LogP contribution in [0.25, 0.3) is 10.9 Å². The highest BCUT2D eigenvalue weighted by atomic mass is 127. The standard InChI is InChI=1S/C14H16IN3O2/c1-16-14(19)9-2-3-12-11(8-9)13(15)17-18(12)10-4-6-20-7-5-10/h2-3,8,10H,4-7H2,1H3,(H,16,19). The van der Waals surface area contributed by atoms with Crippen LogP contribution in [0.15, 0.2) is 18.2 Å². The number of hydrogen-bond acceptors (Lipinski definition) is 3. The summed E-state index contributed by atoms with van der Waals surface area (Å²) in [6, 6.07) is 6.15. The average molecular weight is 385 g/mol. The Morgan fingerprint density at radius 1 is 1.45 bits per heavy atom. The highest BCUT2D eigenvalue weighted by Gasteiger charge is 2.20. The molecule has 6 heteroatoms. The SMILES string of the molecule is CNC(=O)c1ccc2c(c1)c(I)nn2C1CCOCC1. The Morgan fingerprint density at radius 2 is 2.20 bits per heavy atom. The first-order valence-corrected chi connectivity index (χ1v) is 7.76. The lowest BCUT2D eigenvalue weighted by Crippen LogP contribution is -2.20. The Balaban J connectivity index is 2.05. The van der Waals surface area contributed by atoms with E-state index >= 15 is 0 Å². The van der Waals surface area contributed by atoms with Gasteiger partial charge in [0.2, 0.25) is 0 Å². The molecule has 1 aliphatic rings. The average Bonchev–Trinajstić information content (AvgIpc) is 2.84. The molecule has 1 N–H and O–H groups in total. The topological polar surface area (TPSA) is 56.2 Å². The molecule has 1 aliphatic heterocycles. The molecule has 0 radical (unpaired) electrons. The number of carbonyl (C=O) groups excluding carboxylic acids is 1. The monoisotopic (exact) mass is 385 g/mol. The molecular weight excluding hydrogens is 369 g/mol. The van der Waals surface area contributed by atoms with Gasteiger partial charge in [-0.15, -0.1) is 0 Å². The summed E-state index contributed by atoms with van der Waals surface area (Å²) in [7, 11) is 1.64. The Kier molecular flexibility index (Phi) is 3.93. The smallest absolute Gasteiger partial charge is 0.251 e. The molecule has 1 amide bonds.